The number of hydrogen-bond donors (Lipinski definition) is 0. The number of nitriles is 1. The lowest BCUT2D eigenvalue weighted by molar-refractivity contribution is 0.0747. The third kappa shape index (κ3) is 3.24. The summed E-state index contributed by atoms with van der Waals surface area (Å²) in [5.41, 5.74) is 0.871. The second-order valence-electron chi connectivity index (χ2n) is 6.56. The highest BCUT2D eigenvalue weighted by Crippen LogP contribution is 2.48. The molecular formula is C19H22N2O2. The lowest BCUT2D eigenvalue weighted by atomic mass is 9.69. The van der Waals surface area contributed by atoms with Gasteiger partial charge in [0.25, 0.3) is 0 Å². The summed E-state index contributed by atoms with van der Waals surface area (Å²) in [6.45, 7) is 4.27. The van der Waals surface area contributed by atoms with Crippen LogP contribution in [0.5, 0.6) is 0 Å². The Bertz CT molecular complexity index is 616. The van der Waals surface area contributed by atoms with Crippen molar-refractivity contribution in [3.05, 3.63) is 48.6 Å². The quantitative estimate of drug-likeness (QED) is 0.750. The molecule has 2 atom stereocenters. The van der Waals surface area contributed by atoms with E-state index in [1.807, 2.05) is 18.2 Å². The van der Waals surface area contributed by atoms with E-state index in [9.17, 15) is 10.1 Å². The summed E-state index contributed by atoms with van der Waals surface area (Å²) in [6, 6.07) is 12.8. The van der Waals surface area contributed by atoms with Crippen molar-refractivity contribution < 1.29 is 9.53 Å². The molecule has 4 heteroatoms. The molecule has 2 fully saturated rings. The van der Waals surface area contributed by atoms with Gasteiger partial charge in [-0.15, -0.1) is 0 Å². The highest BCUT2D eigenvalue weighted by Gasteiger charge is 2.49. The van der Waals surface area contributed by atoms with E-state index in [0.717, 1.165) is 25.7 Å². The second kappa shape index (κ2) is 6.45. The Morgan fingerprint density at radius 3 is 2.74 bits per heavy atom. The molecule has 0 bridgehead atoms. The van der Waals surface area contributed by atoms with Gasteiger partial charge < -0.3 is 9.64 Å². The molecule has 23 heavy (non-hydrogen) atoms. The van der Waals surface area contributed by atoms with Crippen LogP contribution < -0.4 is 0 Å². The van der Waals surface area contributed by atoms with E-state index in [0.29, 0.717) is 12.5 Å². The van der Waals surface area contributed by atoms with E-state index < -0.39 is 0 Å². The SMILES string of the molecule is C=CCOC(=O)N(CC1(C#N)CCC1)[C@H]1CC1c1ccccc1. The molecule has 1 aromatic carbocycles. The minimum Gasteiger partial charge on any atom is -0.445 e. The summed E-state index contributed by atoms with van der Waals surface area (Å²) in [5, 5.41) is 9.48. The van der Waals surface area contributed by atoms with Gasteiger partial charge in [0, 0.05) is 18.5 Å². The molecule has 120 valence electrons. The van der Waals surface area contributed by atoms with Crippen LogP contribution in [0.2, 0.25) is 0 Å². The van der Waals surface area contributed by atoms with Crippen LogP contribution in [-0.2, 0) is 4.74 Å². The van der Waals surface area contributed by atoms with Gasteiger partial charge in [0.05, 0.1) is 11.5 Å². The molecule has 0 heterocycles. The molecule has 0 spiro atoms. The Morgan fingerprint density at radius 2 is 2.17 bits per heavy atom. The maximum atomic E-state index is 12.4. The molecule has 0 N–H and O–H groups in total. The predicted octanol–water partition coefficient (Wildman–Crippen LogP) is 3.86. The summed E-state index contributed by atoms with van der Waals surface area (Å²) in [5.74, 6) is 0.350. The number of hydrogen-bond acceptors (Lipinski definition) is 3. The van der Waals surface area contributed by atoms with E-state index in [4.69, 9.17) is 4.74 Å². The first-order valence-corrected chi connectivity index (χ1v) is 8.19. The number of benzene rings is 1. The number of rotatable bonds is 6. The minimum atomic E-state index is -0.378. The molecule has 1 amide bonds. The molecule has 4 nitrogen and oxygen atoms in total. The molecule has 2 aliphatic carbocycles. The van der Waals surface area contributed by atoms with Gasteiger partial charge in [-0.3, -0.25) is 0 Å². The highest BCUT2D eigenvalue weighted by molar-refractivity contribution is 5.69. The molecular weight excluding hydrogens is 288 g/mol. The van der Waals surface area contributed by atoms with Crippen molar-refractivity contribution in [1.29, 1.82) is 5.26 Å². The lowest BCUT2D eigenvalue weighted by Gasteiger charge is -2.39. The van der Waals surface area contributed by atoms with Gasteiger partial charge in [-0.1, -0.05) is 49.4 Å². The molecule has 0 aromatic heterocycles. The molecule has 0 saturated heterocycles. The van der Waals surface area contributed by atoms with Crippen LogP contribution >= 0.6 is 0 Å². The Kier molecular flexibility index (Phi) is 4.38. The van der Waals surface area contributed by atoms with Crippen LogP contribution in [0.4, 0.5) is 4.79 Å². The van der Waals surface area contributed by atoms with Crippen LogP contribution in [0.1, 0.15) is 37.2 Å². The average molecular weight is 310 g/mol. The highest BCUT2D eigenvalue weighted by atomic mass is 16.6. The van der Waals surface area contributed by atoms with Crippen molar-refractivity contribution in [3.63, 3.8) is 0 Å². The Hall–Kier alpha value is -2.28. The van der Waals surface area contributed by atoms with Crippen LogP contribution in [0.15, 0.2) is 43.0 Å². The van der Waals surface area contributed by atoms with Crippen molar-refractivity contribution in [2.24, 2.45) is 5.41 Å². The molecule has 0 aliphatic heterocycles. The lowest BCUT2D eigenvalue weighted by Crippen LogP contribution is -2.45. The zero-order chi connectivity index (χ0) is 16.3. The van der Waals surface area contributed by atoms with E-state index >= 15 is 0 Å². The summed E-state index contributed by atoms with van der Waals surface area (Å²) in [6.07, 6.45) is 5.00. The fourth-order valence-corrected chi connectivity index (χ4v) is 3.35. The van der Waals surface area contributed by atoms with Gasteiger partial charge in [0.15, 0.2) is 0 Å². The zero-order valence-corrected chi connectivity index (χ0v) is 13.3. The number of ether oxygens (including phenoxy) is 1. The summed E-state index contributed by atoms with van der Waals surface area (Å²) < 4.78 is 5.26. The Labute approximate surface area is 137 Å². The first kappa shape index (κ1) is 15.6. The molecule has 1 unspecified atom stereocenters. The Balaban J connectivity index is 1.72. The molecule has 2 saturated carbocycles. The fourth-order valence-electron chi connectivity index (χ4n) is 3.35. The molecule has 1 aromatic rings. The van der Waals surface area contributed by atoms with Gasteiger partial charge in [0.1, 0.15) is 6.61 Å². The largest absolute Gasteiger partial charge is 0.445 e. The third-order valence-corrected chi connectivity index (χ3v) is 4.96. The Morgan fingerprint density at radius 1 is 1.43 bits per heavy atom. The van der Waals surface area contributed by atoms with Gasteiger partial charge in [0.2, 0.25) is 0 Å². The fraction of sp³-hybridized carbons (Fsp3) is 0.474. The van der Waals surface area contributed by atoms with Crippen LogP contribution in [0, 0.1) is 16.7 Å². The number of amides is 1. The first-order valence-electron chi connectivity index (χ1n) is 8.19. The van der Waals surface area contributed by atoms with Gasteiger partial charge in [-0.25, -0.2) is 4.79 Å². The van der Waals surface area contributed by atoms with E-state index in [1.54, 1.807) is 11.0 Å². The number of carbonyl (C=O) groups excluding carboxylic acids is 1. The van der Waals surface area contributed by atoms with Crippen molar-refractivity contribution in [2.75, 3.05) is 13.2 Å². The molecule has 2 aliphatic rings. The topological polar surface area (TPSA) is 53.3 Å². The van der Waals surface area contributed by atoms with Crippen LogP contribution in [-0.4, -0.2) is 30.2 Å². The molecule has 3 rings (SSSR count). The van der Waals surface area contributed by atoms with E-state index in [1.165, 1.54) is 5.56 Å². The number of nitrogens with zero attached hydrogens (tertiary/aromatic N) is 2. The van der Waals surface area contributed by atoms with Crippen molar-refractivity contribution in [1.82, 2.24) is 4.90 Å². The van der Waals surface area contributed by atoms with E-state index in [2.05, 4.69) is 24.8 Å². The standard InChI is InChI=1S/C19H22N2O2/c1-2-11-23-18(22)21(14-19(13-20)9-6-10-19)17-12-16(17)15-7-4-3-5-8-15/h2-5,7-8,16-17H,1,6,9-12,14H2/t16?,17-/m0/s1. The molecule has 0 radical (unpaired) electrons. The normalized spacial score (nSPS) is 24.0. The third-order valence-electron chi connectivity index (χ3n) is 4.96. The van der Waals surface area contributed by atoms with Crippen molar-refractivity contribution >= 4 is 6.09 Å². The zero-order valence-electron chi connectivity index (χ0n) is 13.3. The van der Waals surface area contributed by atoms with Gasteiger partial charge >= 0.3 is 6.09 Å². The number of carbonyl (C=O) groups is 1. The summed E-state index contributed by atoms with van der Waals surface area (Å²) >= 11 is 0. The summed E-state index contributed by atoms with van der Waals surface area (Å²) in [7, 11) is 0. The van der Waals surface area contributed by atoms with Crippen LogP contribution in [0.3, 0.4) is 0 Å². The maximum absolute atomic E-state index is 12.4. The predicted molar refractivity (Wildman–Crippen MR) is 87.7 cm³/mol. The van der Waals surface area contributed by atoms with Gasteiger partial charge in [-0.05, 0) is 24.8 Å². The van der Waals surface area contributed by atoms with Gasteiger partial charge in [-0.2, -0.15) is 5.26 Å². The smallest absolute Gasteiger partial charge is 0.410 e. The van der Waals surface area contributed by atoms with Crippen molar-refractivity contribution in [3.8, 4) is 6.07 Å². The average Bonchev–Trinajstić information content (AvgIpc) is 3.33. The first-order chi connectivity index (χ1) is 11.2. The second-order valence-corrected chi connectivity index (χ2v) is 6.56. The maximum Gasteiger partial charge on any atom is 0.410 e. The van der Waals surface area contributed by atoms with Crippen LogP contribution in [0.25, 0.3) is 0 Å². The van der Waals surface area contributed by atoms with Crippen molar-refractivity contribution in [2.45, 2.75) is 37.6 Å². The minimum absolute atomic E-state index is 0.139. The van der Waals surface area contributed by atoms with E-state index in [-0.39, 0.29) is 24.2 Å². The monoisotopic (exact) mass is 310 g/mol. The summed E-state index contributed by atoms with van der Waals surface area (Å²) in [4.78, 5) is 14.2.